The van der Waals surface area contributed by atoms with Crippen molar-refractivity contribution in [1.29, 1.82) is 0 Å². The predicted octanol–water partition coefficient (Wildman–Crippen LogP) is 4.48. The maximum atomic E-state index is 13.3. The van der Waals surface area contributed by atoms with Crippen LogP contribution in [0.4, 0.5) is 17.6 Å². The van der Waals surface area contributed by atoms with Crippen LogP contribution in [0.1, 0.15) is 12.8 Å². The molecule has 1 unspecified atom stereocenters. The quantitative estimate of drug-likeness (QED) is 0.403. The van der Waals surface area contributed by atoms with Crippen LogP contribution in [0.3, 0.4) is 0 Å². The van der Waals surface area contributed by atoms with Crippen molar-refractivity contribution in [2.45, 2.75) is 33.1 Å². The molecule has 0 bridgehead atoms. The van der Waals surface area contributed by atoms with Gasteiger partial charge >= 0.3 is 12.2 Å². The first-order valence-corrected chi connectivity index (χ1v) is 7.04. The lowest BCUT2D eigenvalue weighted by atomic mass is 9.79. The van der Waals surface area contributed by atoms with Gasteiger partial charge in [-0.05, 0) is 12.8 Å². The first-order chi connectivity index (χ1) is 7.06. The molecule has 94 valence electrons. The Morgan fingerprint density at radius 3 is 2.06 bits per heavy atom. The molecule has 2 rings (SSSR count). The number of hydrogen-bond donors (Lipinski definition) is 0. The number of hydrogen-bond acceptors (Lipinski definition) is 1. The molecule has 3 atom stereocenters. The molecule has 2 fully saturated rings. The second-order valence-electron chi connectivity index (χ2n) is 4.11. The van der Waals surface area contributed by atoms with Crippen LogP contribution >= 0.6 is 47.8 Å². The molecule has 0 radical (unpaired) electrons. The summed E-state index contributed by atoms with van der Waals surface area (Å²) >= 11 is 9.65. The maximum Gasteiger partial charge on any atom is 0.363 e. The van der Waals surface area contributed by atoms with E-state index in [9.17, 15) is 17.6 Å². The molecule has 0 spiro atoms. The molecular weight excluding hydrogens is 428 g/mol. The van der Waals surface area contributed by atoms with Gasteiger partial charge in [-0.2, -0.15) is 17.6 Å². The topological polar surface area (TPSA) is 9.23 Å². The first kappa shape index (κ1) is 13.5. The molecule has 16 heavy (non-hydrogen) atoms. The smallest absolute Gasteiger partial charge is 0.255 e. The van der Waals surface area contributed by atoms with Gasteiger partial charge in [0.15, 0.2) is 0 Å². The van der Waals surface area contributed by atoms with Gasteiger partial charge in [-0.15, -0.1) is 0 Å². The van der Waals surface area contributed by atoms with Crippen molar-refractivity contribution in [3.05, 3.63) is 0 Å². The minimum absolute atomic E-state index is 0.0796. The predicted molar refractivity (Wildman–Crippen MR) is 60.5 cm³/mol. The second kappa shape index (κ2) is 3.81. The monoisotopic (exact) mass is 432 g/mol. The molecule has 0 aromatic carbocycles. The summed E-state index contributed by atoms with van der Waals surface area (Å²) in [5.74, 6) is -2.93. The van der Waals surface area contributed by atoms with Crippen LogP contribution in [-0.4, -0.2) is 20.3 Å². The van der Waals surface area contributed by atoms with Gasteiger partial charge in [-0.1, -0.05) is 47.8 Å². The van der Waals surface area contributed by atoms with Gasteiger partial charge in [-0.25, -0.2) is 0 Å². The molecule has 0 aromatic heterocycles. The number of alkyl halides is 7. The van der Waals surface area contributed by atoms with E-state index >= 15 is 0 Å². The number of fused-ring (bicyclic) bond motifs is 1. The zero-order valence-electron chi connectivity index (χ0n) is 7.70. The zero-order chi connectivity index (χ0) is 12.4. The summed E-state index contributed by atoms with van der Waals surface area (Å²) in [6.07, 6.45) is -7.73. The Balaban J connectivity index is 2.31. The summed E-state index contributed by atoms with van der Waals surface area (Å²) in [4.78, 5) is -0.357. The van der Waals surface area contributed by atoms with Crippen molar-refractivity contribution in [2.75, 3.05) is 0 Å². The molecular formula is C8H7Br3F4O. The van der Waals surface area contributed by atoms with Gasteiger partial charge < -0.3 is 0 Å². The van der Waals surface area contributed by atoms with Gasteiger partial charge in [0.2, 0.25) is 0 Å². The molecule has 1 saturated carbocycles. The Labute approximate surface area is 115 Å². The molecule has 1 aliphatic carbocycles. The lowest BCUT2D eigenvalue weighted by molar-refractivity contribution is -0.341. The third kappa shape index (κ3) is 2.07. The highest BCUT2D eigenvalue weighted by atomic mass is 79.9. The van der Waals surface area contributed by atoms with Gasteiger partial charge in [0.25, 0.3) is 0 Å². The normalized spacial score (nSPS) is 44.1. The Bertz CT molecular complexity index is 310. The molecule has 2 aliphatic rings. The Morgan fingerprint density at radius 1 is 1.00 bits per heavy atom. The summed E-state index contributed by atoms with van der Waals surface area (Å²) in [6, 6.07) is 0. The van der Waals surface area contributed by atoms with Crippen LogP contribution in [0.5, 0.6) is 0 Å². The third-order valence-corrected chi connectivity index (χ3v) is 7.17. The summed E-state index contributed by atoms with van der Waals surface area (Å²) in [7, 11) is 0. The van der Waals surface area contributed by atoms with Gasteiger partial charge in [0.05, 0.1) is 15.1 Å². The number of halogens is 7. The van der Waals surface area contributed by atoms with Gasteiger partial charge in [0.1, 0.15) is 0 Å². The van der Waals surface area contributed by atoms with E-state index in [2.05, 4.69) is 52.5 Å². The highest BCUT2D eigenvalue weighted by molar-refractivity contribution is 9.26. The van der Waals surface area contributed by atoms with E-state index in [0.29, 0.717) is 0 Å². The largest absolute Gasteiger partial charge is 0.363 e. The molecule has 1 heterocycles. The maximum absolute atomic E-state index is 13.3. The number of rotatable bonds is 0. The lowest BCUT2D eigenvalue weighted by Crippen LogP contribution is -2.44. The van der Waals surface area contributed by atoms with Crippen LogP contribution in [0.2, 0.25) is 0 Å². The Kier molecular flexibility index (Phi) is 3.22. The highest BCUT2D eigenvalue weighted by Crippen LogP contribution is 2.61. The van der Waals surface area contributed by atoms with Crippen LogP contribution in [-0.2, 0) is 4.74 Å². The molecule has 0 aromatic rings. The van der Waals surface area contributed by atoms with E-state index in [0.717, 1.165) is 0 Å². The number of ether oxygens (including phenoxy) is 1. The minimum atomic E-state index is -3.77. The van der Waals surface area contributed by atoms with E-state index in [-0.39, 0.29) is 17.7 Å². The van der Waals surface area contributed by atoms with Crippen LogP contribution in [0.15, 0.2) is 0 Å². The van der Waals surface area contributed by atoms with Crippen molar-refractivity contribution >= 4 is 47.8 Å². The fourth-order valence-electron chi connectivity index (χ4n) is 2.18. The van der Waals surface area contributed by atoms with Crippen molar-refractivity contribution in [3.8, 4) is 0 Å². The van der Waals surface area contributed by atoms with Crippen molar-refractivity contribution < 1.29 is 22.3 Å². The van der Waals surface area contributed by atoms with Crippen molar-refractivity contribution in [2.24, 2.45) is 11.8 Å². The van der Waals surface area contributed by atoms with Crippen molar-refractivity contribution in [3.63, 3.8) is 0 Å². The first-order valence-electron chi connectivity index (χ1n) is 4.54. The fraction of sp³-hybridized carbons (Fsp3) is 1.00. The summed E-state index contributed by atoms with van der Waals surface area (Å²) in [6.45, 7) is 0. The van der Waals surface area contributed by atoms with Crippen LogP contribution < -0.4 is 0 Å². The Hall–Kier alpha value is 1.12. The average Bonchev–Trinajstić information content (AvgIpc) is 2.21. The summed E-state index contributed by atoms with van der Waals surface area (Å²) < 4.78 is 55.9. The van der Waals surface area contributed by atoms with Crippen LogP contribution in [0, 0.1) is 11.8 Å². The molecule has 0 amide bonds. The molecule has 1 nitrogen and oxygen atoms in total. The minimum Gasteiger partial charge on any atom is -0.255 e. The van der Waals surface area contributed by atoms with E-state index in [4.69, 9.17) is 0 Å². The fourth-order valence-corrected chi connectivity index (χ4v) is 3.84. The Morgan fingerprint density at radius 2 is 1.50 bits per heavy atom. The summed E-state index contributed by atoms with van der Waals surface area (Å²) in [5.41, 5.74) is 0. The highest BCUT2D eigenvalue weighted by Gasteiger charge is 2.70. The SMILES string of the molecule is FC1(F)OC(F)(F)[C@H]2CC(Br)(Br)C(Br)C[C@H]21. The van der Waals surface area contributed by atoms with Gasteiger partial charge in [-0.3, -0.25) is 4.74 Å². The van der Waals surface area contributed by atoms with Crippen LogP contribution in [0.25, 0.3) is 0 Å². The average molecular weight is 435 g/mol. The lowest BCUT2D eigenvalue weighted by Gasteiger charge is -2.39. The molecule has 1 aliphatic heterocycles. The standard InChI is InChI=1S/C8H7Br3F4O/c9-5-1-3-4(2-6(5,10)11)8(14,15)16-7(3,12)13/h3-5H,1-2H2/t3-,4+,5?/m1/s1. The summed E-state index contributed by atoms with van der Waals surface area (Å²) in [5, 5.41) is 0. The van der Waals surface area contributed by atoms with Crippen molar-refractivity contribution in [1.82, 2.24) is 0 Å². The van der Waals surface area contributed by atoms with E-state index in [1.54, 1.807) is 0 Å². The molecule has 0 N–H and O–H groups in total. The van der Waals surface area contributed by atoms with E-state index in [1.165, 1.54) is 0 Å². The van der Waals surface area contributed by atoms with E-state index < -0.39 is 27.3 Å². The van der Waals surface area contributed by atoms with Gasteiger partial charge in [0, 0.05) is 4.83 Å². The third-order valence-electron chi connectivity index (χ3n) is 3.03. The molecule has 8 heteroatoms. The molecule has 1 saturated heterocycles. The second-order valence-corrected chi connectivity index (χ2v) is 9.11. The zero-order valence-corrected chi connectivity index (χ0v) is 12.5. The van der Waals surface area contributed by atoms with E-state index in [1.807, 2.05) is 0 Å².